The predicted molar refractivity (Wildman–Crippen MR) is 89.6 cm³/mol. The van der Waals surface area contributed by atoms with E-state index in [1.165, 1.54) is 16.9 Å². The van der Waals surface area contributed by atoms with Crippen molar-refractivity contribution in [1.29, 1.82) is 0 Å². The number of fused-ring (bicyclic) bond motifs is 1. The van der Waals surface area contributed by atoms with Crippen molar-refractivity contribution in [2.75, 3.05) is 0 Å². The van der Waals surface area contributed by atoms with E-state index in [-0.39, 0.29) is 5.91 Å². The lowest BCUT2D eigenvalue weighted by Gasteiger charge is -1.99. The Labute approximate surface area is 134 Å². The highest BCUT2D eigenvalue weighted by molar-refractivity contribution is 9.10. The van der Waals surface area contributed by atoms with Crippen LogP contribution in [0.2, 0.25) is 0 Å². The molecule has 0 saturated heterocycles. The van der Waals surface area contributed by atoms with Crippen LogP contribution in [0.1, 0.15) is 15.9 Å². The predicted octanol–water partition coefficient (Wildman–Crippen LogP) is 4.05. The Morgan fingerprint density at radius 2 is 1.90 bits per heavy atom. The van der Waals surface area contributed by atoms with Gasteiger partial charge in [0.1, 0.15) is 0 Å². The van der Waals surface area contributed by atoms with Crippen molar-refractivity contribution in [2.24, 2.45) is 12.0 Å². The SMILES string of the molecule is Cc1cccc2sc(=NC(=O)c3ccc(Br)cc3)n(C)c12. The fourth-order valence-corrected chi connectivity index (χ4v) is 3.61. The zero-order valence-electron chi connectivity index (χ0n) is 11.6. The second-order valence-corrected chi connectivity index (χ2v) is 6.71. The first kappa shape index (κ1) is 14.2. The number of thiazole rings is 1. The first-order valence-electron chi connectivity index (χ1n) is 6.46. The molecule has 0 aliphatic carbocycles. The standard InChI is InChI=1S/C16H13BrN2OS/c1-10-4-3-5-13-14(10)19(2)16(21-13)18-15(20)11-6-8-12(17)9-7-11/h3-9H,1-2H3. The summed E-state index contributed by atoms with van der Waals surface area (Å²) in [6, 6.07) is 13.4. The zero-order valence-corrected chi connectivity index (χ0v) is 14.0. The lowest BCUT2D eigenvalue weighted by atomic mass is 10.2. The highest BCUT2D eigenvalue weighted by Crippen LogP contribution is 2.20. The minimum atomic E-state index is -0.220. The molecule has 106 valence electrons. The van der Waals surface area contributed by atoms with Crippen LogP contribution in [0.25, 0.3) is 10.2 Å². The van der Waals surface area contributed by atoms with Crippen molar-refractivity contribution >= 4 is 43.4 Å². The molecule has 3 rings (SSSR count). The van der Waals surface area contributed by atoms with Crippen molar-refractivity contribution in [1.82, 2.24) is 4.57 Å². The Bertz CT molecular complexity index is 891. The summed E-state index contributed by atoms with van der Waals surface area (Å²) in [4.78, 5) is 17.2. The first-order chi connectivity index (χ1) is 10.1. The number of benzene rings is 2. The second-order valence-electron chi connectivity index (χ2n) is 4.79. The van der Waals surface area contributed by atoms with E-state index in [1.807, 2.05) is 29.8 Å². The summed E-state index contributed by atoms with van der Waals surface area (Å²) in [6.45, 7) is 2.06. The maximum Gasteiger partial charge on any atom is 0.279 e. The molecule has 1 heterocycles. The van der Waals surface area contributed by atoms with E-state index in [0.717, 1.165) is 14.7 Å². The molecule has 0 unspecified atom stereocenters. The van der Waals surface area contributed by atoms with Gasteiger partial charge in [0.05, 0.1) is 10.2 Å². The van der Waals surface area contributed by atoms with E-state index in [9.17, 15) is 4.79 Å². The monoisotopic (exact) mass is 360 g/mol. The van der Waals surface area contributed by atoms with Gasteiger partial charge in [0.25, 0.3) is 5.91 Å². The Morgan fingerprint density at radius 3 is 2.57 bits per heavy atom. The number of para-hydroxylation sites is 1. The molecule has 21 heavy (non-hydrogen) atoms. The number of amides is 1. The van der Waals surface area contributed by atoms with Crippen LogP contribution in [0.15, 0.2) is 51.9 Å². The van der Waals surface area contributed by atoms with Crippen molar-refractivity contribution < 1.29 is 4.79 Å². The lowest BCUT2D eigenvalue weighted by Crippen LogP contribution is -2.13. The molecule has 0 N–H and O–H groups in total. The fraction of sp³-hybridized carbons (Fsp3) is 0.125. The van der Waals surface area contributed by atoms with Crippen LogP contribution in [0, 0.1) is 6.92 Å². The molecular weight excluding hydrogens is 348 g/mol. The summed E-state index contributed by atoms with van der Waals surface area (Å²) >= 11 is 4.89. The van der Waals surface area contributed by atoms with Crippen LogP contribution in [-0.2, 0) is 7.05 Å². The van der Waals surface area contributed by atoms with Gasteiger partial charge < -0.3 is 4.57 Å². The maximum absolute atomic E-state index is 12.3. The molecule has 0 saturated carbocycles. The number of halogens is 1. The molecule has 1 aromatic heterocycles. The molecule has 0 aliphatic rings. The van der Waals surface area contributed by atoms with E-state index in [2.05, 4.69) is 40.0 Å². The summed E-state index contributed by atoms with van der Waals surface area (Å²) < 4.78 is 4.06. The van der Waals surface area contributed by atoms with Crippen molar-refractivity contribution in [2.45, 2.75) is 6.92 Å². The van der Waals surface area contributed by atoms with Gasteiger partial charge in [0.2, 0.25) is 0 Å². The largest absolute Gasteiger partial charge is 0.319 e. The van der Waals surface area contributed by atoms with Crippen LogP contribution >= 0.6 is 27.3 Å². The molecule has 0 radical (unpaired) electrons. The number of carbonyl (C=O) groups is 1. The smallest absolute Gasteiger partial charge is 0.279 e. The van der Waals surface area contributed by atoms with E-state index in [1.54, 1.807) is 12.1 Å². The zero-order chi connectivity index (χ0) is 15.0. The Hall–Kier alpha value is -1.72. The third-order valence-electron chi connectivity index (χ3n) is 3.31. The number of nitrogens with zero attached hydrogens (tertiary/aromatic N) is 2. The van der Waals surface area contributed by atoms with Gasteiger partial charge in [0.15, 0.2) is 4.80 Å². The van der Waals surface area contributed by atoms with Crippen molar-refractivity contribution in [3.05, 3.63) is 62.9 Å². The van der Waals surface area contributed by atoms with Crippen LogP contribution in [0.3, 0.4) is 0 Å². The quantitative estimate of drug-likeness (QED) is 0.644. The molecule has 2 aromatic carbocycles. The van der Waals surface area contributed by atoms with Crippen molar-refractivity contribution in [3.63, 3.8) is 0 Å². The van der Waals surface area contributed by atoms with E-state index in [4.69, 9.17) is 0 Å². The Kier molecular flexibility index (Phi) is 3.78. The van der Waals surface area contributed by atoms with E-state index in [0.29, 0.717) is 10.4 Å². The van der Waals surface area contributed by atoms with Crippen LogP contribution in [0.5, 0.6) is 0 Å². The topological polar surface area (TPSA) is 34.4 Å². The number of hydrogen-bond acceptors (Lipinski definition) is 2. The van der Waals surface area contributed by atoms with Crippen LogP contribution in [0.4, 0.5) is 0 Å². The average Bonchev–Trinajstić information content (AvgIpc) is 2.77. The minimum absolute atomic E-state index is 0.220. The number of hydrogen-bond donors (Lipinski definition) is 0. The Morgan fingerprint density at radius 1 is 1.19 bits per heavy atom. The highest BCUT2D eigenvalue weighted by atomic mass is 79.9. The third-order valence-corrected chi connectivity index (χ3v) is 4.94. The first-order valence-corrected chi connectivity index (χ1v) is 8.07. The number of aromatic nitrogens is 1. The molecule has 1 amide bonds. The molecule has 3 nitrogen and oxygen atoms in total. The molecule has 0 fully saturated rings. The number of aryl methyl sites for hydroxylation is 2. The summed E-state index contributed by atoms with van der Waals surface area (Å²) in [6.07, 6.45) is 0. The summed E-state index contributed by atoms with van der Waals surface area (Å²) in [5.74, 6) is -0.220. The molecule has 0 aliphatic heterocycles. The van der Waals surface area contributed by atoms with Gasteiger partial charge in [-0.1, -0.05) is 39.4 Å². The molecule has 0 bridgehead atoms. The average molecular weight is 361 g/mol. The fourth-order valence-electron chi connectivity index (χ4n) is 2.25. The van der Waals surface area contributed by atoms with Gasteiger partial charge >= 0.3 is 0 Å². The highest BCUT2D eigenvalue weighted by Gasteiger charge is 2.08. The molecule has 0 atom stereocenters. The van der Waals surface area contributed by atoms with E-state index >= 15 is 0 Å². The molecule has 0 spiro atoms. The Balaban J connectivity index is 2.11. The van der Waals surface area contributed by atoms with Crippen LogP contribution < -0.4 is 4.80 Å². The summed E-state index contributed by atoms with van der Waals surface area (Å²) in [5.41, 5.74) is 2.90. The summed E-state index contributed by atoms with van der Waals surface area (Å²) in [7, 11) is 1.94. The number of rotatable bonds is 1. The number of carbonyl (C=O) groups excluding carboxylic acids is 1. The minimum Gasteiger partial charge on any atom is -0.319 e. The van der Waals surface area contributed by atoms with Gasteiger partial charge in [-0.05, 0) is 42.8 Å². The third kappa shape index (κ3) is 2.71. The normalized spacial score (nSPS) is 12.0. The summed E-state index contributed by atoms with van der Waals surface area (Å²) in [5, 5.41) is 0. The van der Waals surface area contributed by atoms with Gasteiger partial charge in [-0.25, -0.2) is 0 Å². The molecular formula is C16H13BrN2OS. The lowest BCUT2D eigenvalue weighted by molar-refractivity contribution is 0.0998. The molecule has 3 aromatic rings. The van der Waals surface area contributed by atoms with Gasteiger partial charge in [-0.2, -0.15) is 4.99 Å². The second kappa shape index (κ2) is 5.58. The van der Waals surface area contributed by atoms with Gasteiger partial charge in [-0.3, -0.25) is 4.79 Å². The maximum atomic E-state index is 12.3. The van der Waals surface area contributed by atoms with Gasteiger partial charge in [-0.15, -0.1) is 0 Å². The van der Waals surface area contributed by atoms with Crippen LogP contribution in [-0.4, -0.2) is 10.5 Å². The van der Waals surface area contributed by atoms with Crippen molar-refractivity contribution in [3.8, 4) is 0 Å². The molecule has 5 heteroatoms. The van der Waals surface area contributed by atoms with E-state index < -0.39 is 0 Å². The van der Waals surface area contributed by atoms with Gasteiger partial charge in [0, 0.05) is 17.1 Å².